The predicted molar refractivity (Wildman–Crippen MR) is 115 cm³/mol. The minimum Gasteiger partial charge on any atom is -0.462 e. The Balaban J connectivity index is 1.80. The molecule has 10 nitrogen and oxygen atoms in total. The minimum atomic E-state index is -0.824. The lowest BCUT2D eigenvalue weighted by molar-refractivity contribution is -0.116. The van der Waals surface area contributed by atoms with Gasteiger partial charge in [-0.3, -0.25) is 14.9 Å². The molecule has 2 N–H and O–H groups in total. The number of aryl methyl sites for hydroxylation is 2. The summed E-state index contributed by atoms with van der Waals surface area (Å²) in [6.07, 6.45) is -0.0453. The number of amides is 1. The number of carbonyl (C=O) groups excluding carboxylic acids is 3. The van der Waals surface area contributed by atoms with Gasteiger partial charge in [-0.15, -0.1) is 0 Å². The summed E-state index contributed by atoms with van der Waals surface area (Å²) in [5.41, 5.74) is 0.704. The molecule has 0 aliphatic carbocycles. The van der Waals surface area contributed by atoms with Crippen LogP contribution in [0.25, 0.3) is 11.0 Å². The molecule has 1 amide bonds. The zero-order valence-corrected chi connectivity index (χ0v) is 17.9. The largest absolute Gasteiger partial charge is 0.462 e. The molecule has 0 saturated carbocycles. The highest BCUT2D eigenvalue weighted by molar-refractivity contribution is 6.09. The number of benzene rings is 1. The van der Waals surface area contributed by atoms with E-state index >= 15 is 0 Å². The van der Waals surface area contributed by atoms with Crippen molar-refractivity contribution in [1.82, 2.24) is 9.97 Å². The van der Waals surface area contributed by atoms with Crippen LogP contribution in [0.3, 0.4) is 0 Å². The predicted octanol–water partition coefficient (Wildman–Crippen LogP) is 2.75. The standard InChI is InChI=1S/C22H23N3O7/c1-4-30-21(28)17-12(3)32-20(18(17)22(29)31-5-2)25-16(26)11-10-15-19(27)24-14-9-7-6-8-13(14)23-15/h6-9H,4-5,10-11H2,1-3H3,(H,24,27)(H,25,26). The summed E-state index contributed by atoms with van der Waals surface area (Å²) in [5.74, 6) is -2.22. The lowest BCUT2D eigenvalue weighted by Gasteiger charge is -2.07. The van der Waals surface area contributed by atoms with Crippen molar-refractivity contribution in [3.63, 3.8) is 0 Å². The van der Waals surface area contributed by atoms with Crippen molar-refractivity contribution in [2.75, 3.05) is 18.5 Å². The fourth-order valence-electron chi connectivity index (χ4n) is 3.14. The highest BCUT2D eigenvalue weighted by Crippen LogP contribution is 2.29. The van der Waals surface area contributed by atoms with Crippen molar-refractivity contribution in [3.05, 3.63) is 57.2 Å². The molecular weight excluding hydrogens is 418 g/mol. The van der Waals surface area contributed by atoms with Gasteiger partial charge in [0.25, 0.3) is 5.56 Å². The molecule has 168 valence electrons. The molecule has 10 heteroatoms. The Hall–Kier alpha value is -3.95. The van der Waals surface area contributed by atoms with E-state index < -0.39 is 17.8 Å². The number of aromatic amines is 1. The van der Waals surface area contributed by atoms with Crippen molar-refractivity contribution >= 4 is 34.8 Å². The van der Waals surface area contributed by atoms with Gasteiger partial charge in [0.1, 0.15) is 22.6 Å². The number of H-pyrrole nitrogens is 1. The van der Waals surface area contributed by atoms with E-state index in [9.17, 15) is 19.2 Å². The number of ether oxygens (including phenoxy) is 2. The molecule has 0 bridgehead atoms. The second kappa shape index (κ2) is 9.90. The Bertz CT molecular complexity index is 1230. The van der Waals surface area contributed by atoms with Gasteiger partial charge >= 0.3 is 11.9 Å². The molecule has 3 rings (SSSR count). The second-order valence-electron chi connectivity index (χ2n) is 6.76. The van der Waals surface area contributed by atoms with Gasteiger partial charge in [-0.05, 0) is 32.9 Å². The molecule has 0 radical (unpaired) electrons. The van der Waals surface area contributed by atoms with Crippen LogP contribution in [0.1, 0.15) is 52.4 Å². The van der Waals surface area contributed by atoms with Gasteiger partial charge in [0.2, 0.25) is 11.8 Å². The molecule has 3 aromatic rings. The molecule has 0 saturated heterocycles. The Morgan fingerprint density at radius 2 is 1.72 bits per heavy atom. The molecular formula is C22H23N3O7. The van der Waals surface area contributed by atoms with E-state index in [0.717, 1.165) is 0 Å². The number of anilines is 1. The number of fused-ring (bicyclic) bond motifs is 1. The maximum atomic E-state index is 12.5. The van der Waals surface area contributed by atoms with E-state index in [4.69, 9.17) is 13.9 Å². The number of nitrogens with zero attached hydrogens (tertiary/aromatic N) is 1. The first kappa shape index (κ1) is 22.7. The molecule has 2 aromatic heterocycles. The first-order chi connectivity index (χ1) is 15.3. The summed E-state index contributed by atoms with van der Waals surface area (Å²) in [6.45, 7) is 4.88. The van der Waals surface area contributed by atoms with Crippen LogP contribution in [0.15, 0.2) is 33.5 Å². The van der Waals surface area contributed by atoms with Gasteiger partial charge in [-0.25, -0.2) is 14.6 Å². The van der Waals surface area contributed by atoms with Crippen LogP contribution in [0, 0.1) is 6.92 Å². The number of hydrogen-bond acceptors (Lipinski definition) is 8. The quantitative estimate of drug-likeness (QED) is 0.509. The molecule has 0 fully saturated rings. The third kappa shape index (κ3) is 4.85. The fraction of sp³-hybridized carbons (Fsp3) is 0.318. The van der Waals surface area contributed by atoms with Crippen LogP contribution in [-0.4, -0.2) is 41.0 Å². The van der Waals surface area contributed by atoms with Crippen molar-refractivity contribution in [2.24, 2.45) is 0 Å². The Kier molecular flexibility index (Phi) is 7.04. The molecule has 0 unspecified atom stereocenters. The van der Waals surface area contributed by atoms with Crippen molar-refractivity contribution in [1.29, 1.82) is 0 Å². The molecule has 0 aliphatic heterocycles. The van der Waals surface area contributed by atoms with E-state index in [-0.39, 0.29) is 60.1 Å². The van der Waals surface area contributed by atoms with Crippen molar-refractivity contribution in [2.45, 2.75) is 33.6 Å². The molecule has 0 atom stereocenters. The maximum absolute atomic E-state index is 12.5. The number of furan rings is 1. The zero-order chi connectivity index (χ0) is 23.3. The highest BCUT2D eigenvalue weighted by Gasteiger charge is 2.31. The number of rotatable bonds is 8. The fourth-order valence-corrected chi connectivity index (χ4v) is 3.14. The molecule has 32 heavy (non-hydrogen) atoms. The first-order valence-corrected chi connectivity index (χ1v) is 10.1. The number of esters is 2. The number of nitrogens with one attached hydrogen (secondary N) is 2. The van der Waals surface area contributed by atoms with Gasteiger partial charge in [0, 0.05) is 12.8 Å². The topological polar surface area (TPSA) is 141 Å². The summed E-state index contributed by atoms with van der Waals surface area (Å²) in [6, 6.07) is 7.06. The summed E-state index contributed by atoms with van der Waals surface area (Å²) in [5, 5.41) is 2.48. The molecule has 1 aromatic carbocycles. The van der Waals surface area contributed by atoms with Crippen LogP contribution in [0.2, 0.25) is 0 Å². The lowest BCUT2D eigenvalue weighted by atomic mass is 10.1. The average molecular weight is 441 g/mol. The molecule has 2 heterocycles. The first-order valence-electron chi connectivity index (χ1n) is 10.1. The third-order valence-corrected chi connectivity index (χ3v) is 4.55. The van der Waals surface area contributed by atoms with Gasteiger partial charge in [0.05, 0.1) is 24.2 Å². The SMILES string of the molecule is CCOC(=O)c1c(C)oc(NC(=O)CCc2nc3ccccc3[nH]c2=O)c1C(=O)OCC. The summed E-state index contributed by atoms with van der Waals surface area (Å²) in [4.78, 5) is 56.5. The van der Waals surface area contributed by atoms with Crippen LogP contribution < -0.4 is 10.9 Å². The summed E-state index contributed by atoms with van der Waals surface area (Å²) < 4.78 is 15.5. The Labute approximate surface area is 182 Å². The van der Waals surface area contributed by atoms with Crippen LogP contribution in [0.4, 0.5) is 5.88 Å². The van der Waals surface area contributed by atoms with Crippen LogP contribution >= 0.6 is 0 Å². The van der Waals surface area contributed by atoms with Gasteiger partial charge < -0.3 is 18.9 Å². The summed E-state index contributed by atoms with van der Waals surface area (Å²) >= 11 is 0. The third-order valence-electron chi connectivity index (χ3n) is 4.55. The number of hydrogen-bond donors (Lipinski definition) is 2. The smallest absolute Gasteiger partial charge is 0.344 e. The van der Waals surface area contributed by atoms with Gasteiger partial charge in [0.15, 0.2) is 0 Å². The van der Waals surface area contributed by atoms with Crippen molar-refractivity contribution < 1.29 is 28.3 Å². The van der Waals surface area contributed by atoms with E-state index in [1.807, 2.05) is 0 Å². The van der Waals surface area contributed by atoms with E-state index in [1.54, 1.807) is 38.1 Å². The van der Waals surface area contributed by atoms with Crippen LogP contribution in [-0.2, 0) is 20.7 Å². The van der Waals surface area contributed by atoms with Crippen molar-refractivity contribution in [3.8, 4) is 0 Å². The van der Waals surface area contributed by atoms with E-state index in [0.29, 0.717) is 11.0 Å². The minimum absolute atomic E-state index is 0.0607. The normalized spacial score (nSPS) is 10.7. The maximum Gasteiger partial charge on any atom is 0.344 e. The monoisotopic (exact) mass is 441 g/mol. The Morgan fingerprint density at radius 1 is 1.06 bits per heavy atom. The number of aromatic nitrogens is 2. The number of carbonyl (C=O) groups is 3. The Morgan fingerprint density at radius 3 is 2.41 bits per heavy atom. The average Bonchev–Trinajstić information content (AvgIpc) is 3.08. The van der Waals surface area contributed by atoms with E-state index in [1.165, 1.54) is 6.92 Å². The zero-order valence-electron chi connectivity index (χ0n) is 17.9. The van der Waals surface area contributed by atoms with E-state index in [2.05, 4.69) is 15.3 Å². The van der Waals surface area contributed by atoms with Gasteiger partial charge in [-0.1, -0.05) is 12.1 Å². The summed E-state index contributed by atoms with van der Waals surface area (Å²) in [7, 11) is 0. The van der Waals surface area contributed by atoms with Crippen LogP contribution in [0.5, 0.6) is 0 Å². The molecule has 0 spiro atoms. The van der Waals surface area contributed by atoms with Gasteiger partial charge in [-0.2, -0.15) is 0 Å². The lowest BCUT2D eigenvalue weighted by Crippen LogP contribution is -2.20. The molecule has 0 aliphatic rings. The second-order valence-corrected chi connectivity index (χ2v) is 6.76. The highest BCUT2D eigenvalue weighted by atomic mass is 16.5. The number of para-hydroxylation sites is 2.